The average Bonchev–Trinajstić information content (AvgIpc) is 2.85. The van der Waals surface area contributed by atoms with Crippen LogP contribution in [-0.2, 0) is 7.05 Å². The van der Waals surface area contributed by atoms with E-state index in [0.29, 0.717) is 18.4 Å². The van der Waals surface area contributed by atoms with Crippen LogP contribution in [-0.4, -0.2) is 27.2 Å². The van der Waals surface area contributed by atoms with E-state index in [4.69, 9.17) is 4.74 Å². The Balaban J connectivity index is 1.80. The number of aryl methyl sites for hydroxylation is 1. The van der Waals surface area contributed by atoms with Gasteiger partial charge in [0.25, 0.3) is 0 Å². The summed E-state index contributed by atoms with van der Waals surface area (Å²) < 4.78 is 7.58. The number of hydrogen-bond donors (Lipinski definition) is 1. The summed E-state index contributed by atoms with van der Waals surface area (Å²) in [4.78, 5) is 15.6. The van der Waals surface area contributed by atoms with Crippen molar-refractivity contribution in [1.29, 1.82) is 0 Å². The van der Waals surface area contributed by atoms with E-state index in [9.17, 15) is 9.90 Å². The van der Waals surface area contributed by atoms with Crippen LogP contribution in [0.5, 0.6) is 5.88 Å². The third kappa shape index (κ3) is 2.80. The number of carboxylic acids is 1. The summed E-state index contributed by atoms with van der Waals surface area (Å²) in [5.41, 5.74) is 1.00. The summed E-state index contributed by atoms with van der Waals surface area (Å²) in [5, 5.41) is 10.1. The summed E-state index contributed by atoms with van der Waals surface area (Å²) in [6.45, 7) is 2.96. The molecule has 2 heterocycles. The van der Waals surface area contributed by atoms with Gasteiger partial charge in [-0.3, -0.25) is 0 Å². The molecule has 0 atom stereocenters. The minimum atomic E-state index is -0.939. The number of ether oxygens (including phenoxy) is 1. The van der Waals surface area contributed by atoms with Crippen molar-refractivity contribution in [2.45, 2.75) is 32.6 Å². The Kier molecular flexibility index (Phi) is 4.05. The molecule has 0 unspecified atom stereocenters. The number of carbonyl (C=O) groups is 1. The molecule has 1 fully saturated rings. The summed E-state index contributed by atoms with van der Waals surface area (Å²) in [7, 11) is 1.74. The molecule has 0 spiro atoms. The molecule has 0 saturated heterocycles. The topological polar surface area (TPSA) is 64.3 Å². The van der Waals surface area contributed by atoms with E-state index in [1.54, 1.807) is 23.9 Å². The van der Waals surface area contributed by atoms with Crippen LogP contribution in [0.2, 0.25) is 0 Å². The highest BCUT2D eigenvalue weighted by Gasteiger charge is 2.20. The van der Waals surface area contributed by atoms with Crippen LogP contribution in [0.1, 0.15) is 43.1 Å². The maximum absolute atomic E-state index is 11.3. The van der Waals surface area contributed by atoms with Crippen molar-refractivity contribution in [2.75, 3.05) is 6.61 Å². The molecular weight excluding hydrogens is 280 g/mol. The molecule has 2 aromatic heterocycles. The van der Waals surface area contributed by atoms with Crippen LogP contribution in [0, 0.1) is 11.8 Å². The van der Waals surface area contributed by atoms with Crippen LogP contribution in [0.4, 0.5) is 0 Å². The van der Waals surface area contributed by atoms with Gasteiger partial charge in [-0.1, -0.05) is 19.8 Å². The van der Waals surface area contributed by atoms with Gasteiger partial charge < -0.3 is 14.4 Å². The van der Waals surface area contributed by atoms with Gasteiger partial charge in [0.15, 0.2) is 0 Å². The number of carboxylic acid groups (broad SMARTS) is 1. The maximum Gasteiger partial charge on any atom is 0.352 e. The molecule has 1 aliphatic carbocycles. The van der Waals surface area contributed by atoms with Gasteiger partial charge in [-0.15, -0.1) is 0 Å². The Morgan fingerprint density at radius 2 is 2.14 bits per heavy atom. The van der Waals surface area contributed by atoms with Crippen LogP contribution in [0.3, 0.4) is 0 Å². The Hall–Kier alpha value is -2.04. The minimum absolute atomic E-state index is 0.249. The fraction of sp³-hybridized carbons (Fsp3) is 0.529. The van der Waals surface area contributed by atoms with Crippen molar-refractivity contribution in [3.63, 3.8) is 0 Å². The molecular formula is C17H22N2O3. The molecule has 1 aliphatic rings. The molecule has 22 heavy (non-hydrogen) atoms. The quantitative estimate of drug-likeness (QED) is 0.939. The van der Waals surface area contributed by atoms with E-state index in [0.717, 1.165) is 16.8 Å². The van der Waals surface area contributed by atoms with Gasteiger partial charge in [0.1, 0.15) is 11.2 Å². The van der Waals surface area contributed by atoms with Crippen molar-refractivity contribution in [2.24, 2.45) is 18.9 Å². The van der Waals surface area contributed by atoms with Gasteiger partial charge in [-0.05, 0) is 36.8 Å². The van der Waals surface area contributed by atoms with Gasteiger partial charge in [-0.2, -0.15) is 0 Å². The molecule has 0 aliphatic heterocycles. The van der Waals surface area contributed by atoms with E-state index >= 15 is 0 Å². The Morgan fingerprint density at radius 3 is 2.82 bits per heavy atom. The largest absolute Gasteiger partial charge is 0.477 e. The summed E-state index contributed by atoms with van der Waals surface area (Å²) in [6, 6.07) is 3.48. The van der Waals surface area contributed by atoms with Gasteiger partial charge in [0.2, 0.25) is 5.88 Å². The van der Waals surface area contributed by atoms with Crippen LogP contribution in [0.15, 0.2) is 18.3 Å². The standard InChI is InChI=1S/C17H22N2O3/c1-11-3-5-12(6-4-11)10-22-16-15-13(7-8-18-16)9-14(17(20)21)19(15)2/h7-9,11-12H,3-6,10H2,1-2H3,(H,20,21). The molecule has 0 radical (unpaired) electrons. The molecule has 0 amide bonds. The summed E-state index contributed by atoms with van der Waals surface area (Å²) in [6.07, 6.45) is 6.60. The first-order chi connectivity index (χ1) is 10.6. The van der Waals surface area contributed by atoms with Gasteiger partial charge in [0.05, 0.1) is 6.61 Å². The van der Waals surface area contributed by atoms with Crippen LogP contribution >= 0.6 is 0 Å². The highest BCUT2D eigenvalue weighted by atomic mass is 16.5. The fourth-order valence-corrected chi connectivity index (χ4v) is 3.27. The smallest absolute Gasteiger partial charge is 0.352 e. The zero-order valence-corrected chi connectivity index (χ0v) is 13.1. The lowest BCUT2D eigenvalue weighted by Gasteiger charge is -2.25. The first-order valence-electron chi connectivity index (χ1n) is 7.86. The average molecular weight is 302 g/mol. The second-order valence-electron chi connectivity index (χ2n) is 6.38. The maximum atomic E-state index is 11.3. The molecule has 2 aromatic rings. The van der Waals surface area contributed by atoms with Crippen LogP contribution in [0.25, 0.3) is 10.9 Å². The highest BCUT2D eigenvalue weighted by Crippen LogP contribution is 2.30. The molecule has 3 rings (SSSR count). The van der Waals surface area contributed by atoms with Crippen molar-refractivity contribution in [1.82, 2.24) is 9.55 Å². The number of rotatable bonds is 4. The normalized spacial score (nSPS) is 21.9. The van der Waals surface area contributed by atoms with E-state index in [1.165, 1.54) is 25.7 Å². The fourth-order valence-electron chi connectivity index (χ4n) is 3.27. The molecule has 118 valence electrons. The highest BCUT2D eigenvalue weighted by molar-refractivity contribution is 5.96. The van der Waals surface area contributed by atoms with E-state index in [1.807, 2.05) is 6.07 Å². The van der Waals surface area contributed by atoms with Crippen LogP contribution < -0.4 is 4.74 Å². The van der Waals surface area contributed by atoms with Gasteiger partial charge >= 0.3 is 5.97 Å². The zero-order chi connectivity index (χ0) is 15.7. The molecule has 5 nitrogen and oxygen atoms in total. The van der Waals surface area contributed by atoms with E-state index in [-0.39, 0.29) is 5.69 Å². The molecule has 1 saturated carbocycles. The minimum Gasteiger partial charge on any atom is -0.477 e. The molecule has 5 heteroatoms. The van der Waals surface area contributed by atoms with Crippen molar-refractivity contribution in [3.8, 4) is 5.88 Å². The van der Waals surface area contributed by atoms with E-state index < -0.39 is 5.97 Å². The Labute approximate surface area is 129 Å². The predicted octanol–water partition coefficient (Wildman–Crippen LogP) is 3.48. The lowest BCUT2D eigenvalue weighted by molar-refractivity contribution is 0.0687. The molecule has 0 bridgehead atoms. The number of aromatic nitrogens is 2. The predicted molar refractivity (Wildman–Crippen MR) is 84.3 cm³/mol. The summed E-state index contributed by atoms with van der Waals surface area (Å²) in [5.74, 6) is 0.994. The monoisotopic (exact) mass is 302 g/mol. The van der Waals surface area contributed by atoms with Gasteiger partial charge in [0, 0.05) is 18.6 Å². The SMILES string of the molecule is CC1CCC(COc2nccc3cc(C(=O)O)n(C)c23)CC1. The van der Waals surface area contributed by atoms with Crippen molar-refractivity contribution in [3.05, 3.63) is 24.0 Å². The molecule has 1 N–H and O–H groups in total. The number of pyridine rings is 1. The lowest BCUT2D eigenvalue weighted by atomic mass is 9.83. The number of fused-ring (bicyclic) bond motifs is 1. The number of hydrogen-bond acceptors (Lipinski definition) is 3. The third-order valence-corrected chi connectivity index (χ3v) is 4.72. The van der Waals surface area contributed by atoms with Crippen molar-refractivity contribution >= 4 is 16.9 Å². The number of nitrogens with zero attached hydrogens (tertiary/aromatic N) is 2. The van der Waals surface area contributed by atoms with Gasteiger partial charge in [-0.25, -0.2) is 9.78 Å². The Morgan fingerprint density at radius 1 is 1.41 bits per heavy atom. The van der Waals surface area contributed by atoms with Crippen molar-refractivity contribution < 1.29 is 14.6 Å². The second kappa shape index (κ2) is 5.99. The number of aromatic carboxylic acids is 1. The second-order valence-corrected chi connectivity index (χ2v) is 6.38. The lowest BCUT2D eigenvalue weighted by Crippen LogP contribution is -2.19. The summed E-state index contributed by atoms with van der Waals surface area (Å²) >= 11 is 0. The first kappa shape index (κ1) is 14.9. The zero-order valence-electron chi connectivity index (χ0n) is 13.1. The third-order valence-electron chi connectivity index (χ3n) is 4.72. The first-order valence-corrected chi connectivity index (χ1v) is 7.86. The van der Waals surface area contributed by atoms with E-state index in [2.05, 4.69) is 11.9 Å². The Bertz CT molecular complexity index is 685. The molecule has 0 aromatic carbocycles.